The summed E-state index contributed by atoms with van der Waals surface area (Å²) in [5.41, 5.74) is 6.70. The molecule has 4 nitrogen and oxygen atoms in total. The molecule has 0 spiro atoms. The van der Waals surface area contributed by atoms with Gasteiger partial charge in [-0.1, -0.05) is 0 Å². The van der Waals surface area contributed by atoms with E-state index in [0.29, 0.717) is 37.4 Å². The molecule has 116 valence electrons. The Balaban J connectivity index is 1.88. The van der Waals surface area contributed by atoms with Crippen molar-refractivity contribution in [1.82, 2.24) is 4.90 Å². The summed E-state index contributed by atoms with van der Waals surface area (Å²) >= 11 is 0. The SMILES string of the molecule is Cc1cc(F)ccc1C(=O)N1CCC(OCCCN)CC1. The molecule has 2 rings (SSSR count). The highest BCUT2D eigenvalue weighted by molar-refractivity contribution is 5.95. The maximum atomic E-state index is 13.1. The Morgan fingerprint density at radius 3 is 2.76 bits per heavy atom. The lowest BCUT2D eigenvalue weighted by Gasteiger charge is -2.32. The molecule has 1 fully saturated rings. The molecule has 0 bridgehead atoms. The summed E-state index contributed by atoms with van der Waals surface area (Å²) < 4.78 is 18.8. The zero-order valence-corrected chi connectivity index (χ0v) is 12.5. The minimum Gasteiger partial charge on any atom is -0.378 e. The molecule has 0 aromatic heterocycles. The number of ether oxygens (including phenoxy) is 1. The van der Waals surface area contributed by atoms with E-state index in [0.717, 1.165) is 19.3 Å². The van der Waals surface area contributed by atoms with E-state index >= 15 is 0 Å². The van der Waals surface area contributed by atoms with Crippen molar-refractivity contribution >= 4 is 5.91 Å². The van der Waals surface area contributed by atoms with Gasteiger partial charge < -0.3 is 15.4 Å². The van der Waals surface area contributed by atoms with E-state index < -0.39 is 0 Å². The Kier molecular flexibility index (Phi) is 5.70. The van der Waals surface area contributed by atoms with Crippen molar-refractivity contribution in [3.63, 3.8) is 0 Å². The molecular weight excluding hydrogens is 271 g/mol. The summed E-state index contributed by atoms with van der Waals surface area (Å²) in [5, 5.41) is 0. The highest BCUT2D eigenvalue weighted by atomic mass is 19.1. The number of aryl methyl sites for hydroxylation is 1. The second-order valence-corrected chi connectivity index (χ2v) is 5.46. The zero-order valence-electron chi connectivity index (χ0n) is 12.5. The third-order valence-corrected chi connectivity index (χ3v) is 3.85. The van der Waals surface area contributed by atoms with E-state index in [1.165, 1.54) is 12.1 Å². The molecular formula is C16H23FN2O2. The summed E-state index contributed by atoms with van der Waals surface area (Å²) in [4.78, 5) is 14.3. The first-order valence-electron chi connectivity index (χ1n) is 7.49. The fourth-order valence-electron chi connectivity index (χ4n) is 2.60. The number of hydrogen-bond acceptors (Lipinski definition) is 3. The number of rotatable bonds is 5. The average Bonchev–Trinajstić information content (AvgIpc) is 2.48. The number of carbonyl (C=O) groups is 1. The summed E-state index contributed by atoms with van der Waals surface area (Å²) in [6.45, 7) is 4.46. The minimum atomic E-state index is -0.309. The molecule has 1 aliphatic heterocycles. The fraction of sp³-hybridized carbons (Fsp3) is 0.562. The molecule has 1 aromatic carbocycles. The zero-order chi connectivity index (χ0) is 15.2. The van der Waals surface area contributed by atoms with Gasteiger partial charge in [-0.2, -0.15) is 0 Å². The Morgan fingerprint density at radius 1 is 1.43 bits per heavy atom. The third kappa shape index (κ3) is 4.25. The van der Waals surface area contributed by atoms with Gasteiger partial charge in [0.05, 0.1) is 6.10 Å². The van der Waals surface area contributed by atoms with Crippen LogP contribution in [-0.2, 0) is 4.74 Å². The Hall–Kier alpha value is -1.46. The van der Waals surface area contributed by atoms with E-state index in [9.17, 15) is 9.18 Å². The first-order valence-corrected chi connectivity index (χ1v) is 7.49. The van der Waals surface area contributed by atoms with Crippen LogP contribution in [0.5, 0.6) is 0 Å². The number of halogens is 1. The highest BCUT2D eigenvalue weighted by Gasteiger charge is 2.24. The topological polar surface area (TPSA) is 55.6 Å². The standard InChI is InChI=1S/C16H23FN2O2/c1-12-11-13(17)3-4-15(12)16(20)19-8-5-14(6-9-19)21-10-2-7-18/h3-4,11,14H,2,5-10,18H2,1H3. The van der Waals surface area contributed by atoms with Gasteiger partial charge in [0.15, 0.2) is 0 Å². The Labute approximate surface area is 125 Å². The minimum absolute atomic E-state index is 0.0205. The van der Waals surface area contributed by atoms with Gasteiger partial charge in [-0.15, -0.1) is 0 Å². The molecule has 1 saturated heterocycles. The predicted octanol–water partition coefficient (Wildman–Crippen LogP) is 2.10. The molecule has 21 heavy (non-hydrogen) atoms. The van der Waals surface area contributed by atoms with Crippen LogP contribution in [0.4, 0.5) is 4.39 Å². The fourth-order valence-corrected chi connectivity index (χ4v) is 2.60. The van der Waals surface area contributed by atoms with Crippen LogP contribution in [0.2, 0.25) is 0 Å². The molecule has 2 N–H and O–H groups in total. The van der Waals surface area contributed by atoms with Crippen LogP contribution >= 0.6 is 0 Å². The normalized spacial score (nSPS) is 16.2. The summed E-state index contributed by atoms with van der Waals surface area (Å²) in [7, 11) is 0. The van der Waals surface area contributed by atoms with Gasteiger partial charge in [0.25, 0.3) is 5.91 Å². The largest absolute Gasteiger partial charge is 0.378 e. The lowest BCUT2D eigenvalue weighted by Crippen LogP contribution is -2.41. The first kappa shape index (κ1) is 15.9. The van der Waals surface area contributed by atoms with Crippen molar-refractivity contribution in [2.75, 3.05) is 26.2 Å². The van der Waals surface area contributed by atoms with Crippen LogP contribution in [0.15, 0.2) is 18.2 Å². The number of carbonyl (C=O) groups excluding carboxylic acids is 1. The Morgan fingerprint density at radius 2 is 2.14 bits per heavy atom. The maximum absolute atomic E-state index is 13.1. The van der Waals surface area contributed by atoms with Crippen LogP contribution in [0.1, 0.15) is 35.2 Å². The van der Waals surface area contributed by atoms with Crippen molar-refractivity contribution in [2.45, 2.75) is 32.3 Å². The lowest BCUT2D eigenvalue weighted by atomic mass is 10.0. The summed E-state index contributed by atoms with van der Waals surface area (Å²) in [6, 6.07) is 4.30. The van der Waals surface area contributed by atoms with Gasteiger partial charge in [-0.05, 0) is 56.5 Å². The molecule has 1 aliphatic rings. The van der Waals surface area contributed by atoms with Crippen LogP contribution < -0.4 is 5.73 Å². The summed E-state index contributed by atoms with van der Waals surface area (Å²) in [6.07, 6.45) is 2.77. The number of nitrogens with zero attached hydrogens (tertiary/aromatic N) is 1. The predicted molar refractivity (Wildman–Crippen MR) is 79.7 cm³/mol. The number of likely N-dealkylation sites (tertiary alicyclic amines) is 1. The van der Waals surface area contributed by atoms with Crippen molar-refractivity contribution in [3.8, 4) is 0 Å². The van der Waals surface area contributed by atoms with E-state index in [4.69, 9.17) is 10.5 Å². The van der Waals surface area contributed by atoms with Gasteiger partial charge in [0.2, 0.25) is 0 Å². The molecule has 1 aromatic rings. The molecule has 1 amide bonds. The molecule has 0 saturated carbocycles. The van der Waals surface area contributed by atoms with Crippen LogP contribution in [0.3, 0.4) is 0 Å². The second kappa shape index (κ2) is 7.52. The van der Waals surface area contributed by atoms with E-state index in [1.807, 2.05) is 4.90 Å². The molecule has 0 aliphatic carbocycles. The summed E-state index contributed by atoms with van der Waals surface area (Å²) in [5.74, 6) is -0.330. The van der Waals surface area contributed by atoms with Crippen molar-refractivity contribution in [1.29, 1.82) is 0 Å². The van der Waals surface area contributed by atoms with Crippen molar-refractivity contribution < 1.29 is 13.9 Å². The van der Waals surface area contributed by atoms with Gasteiger partial charge >= 0.3 is 0 Å². The maximum Gasteiger partial charge on any atom is 0.254 e. The number of piperidine rings is 1. The van der Waals surface area contributed by atoms with Gasteiger partial charge in [-0.25, -0.2) is 4.39 Å². The lowest BCUT2D eigenvalue weighted by molar-refractivity contribution is 0.00843. The quantitative estimate of drug-likeness (QED) is 0.846. The Bertz CT molecular complexity index is 485. The highest BCUT2D eigenvalue weighted by Crippen LogP contribution is 2.18. The number of benzene rings is 1. The van der Waals surface area contributed by atoms with E-state index in [1.54, 1.807) is 13.0 Å². The first-order chi connectivity index (χ1) is 10.1. The van der Waals surface area contributed by atoms with E-state index in [2.05, 4.69) is 0 Å². The van der Waals surface area contributed by atoms with Gasteiger partial charge in [-0.3, -0.25) is 4.79 Å². The van der Waals surface area contributed by atoms with Crippen LogP contribution in [0.25, 0.3) is 0 Å². The monoisotopic (exact) mass is 294 g/mol. The number of nitrogens with two attached hydrogens (primary N) is 1. The molecule has 0 atom stereocenters. The molecule has 0 radical (unpaired) electrons. The van der Waals surface area contributed by atoms with Crippen LogP contribution in [-0.4, -0.2) is 43.2 Å². The number of hydrogen-bond donors (Lipinski definition) is 1. The van der Waals surface area contributed by atoms with Gasteiger partial charge in [0.1, 0.15) is 5.82 Å². The van der Waals surface area contributed by atoms with Crippen molar-refractivity contribution in [3.05, 3.63) is 35.1 Å². The molecule has 0 unspecified atom stereocenters. The number of amides is 1. The molecule has 1 heterocycles. The third-order valence-electron chi connectivity index (χ3n) is 3.85. The second-order valence-electron chi connectivity index (χ2n) is 5.46. The van der Waals surface area contributed by atoms with Crippen molar-refractivity contribution in [2.24, 2.45) is 5.73 Å². The smallest absolute Gasteiger partial charge is 0.254 e. The van der Waals surface area contributed by atoms with E-state index in [-0.39, 0.29) is 17.8 Å². The van der Waals surface area contributed by atoms with Crippen LogP contribution in [0, 0.1) is 12.7 Å². The van der Waals surface area contributed by atoms with Gasteiger partial charge in [0, 0.05) is 25.3 Å². The average molecular weight is 294 g/mol. The molecule has 5 heteroatoms.